The molecule has 0 atom stereocenters. The number of nitrogens with one attached hydrogen (secondary N) is 1. The van der Waals surface area contributed by atoms with Crippen molar-refractivity contribution >= 4 is 34.2 Å². The van der Waals surface area contributed by atoms with Crippen LogP contribution in [0.3, 0.4) is 0 Å². The average Bonchev–Trinajstić information content (AvgIpc) is 2.73. The van der Waals surface area contributed by atoms with Crippen molar-refractivity contribution in [2.75, 3.05) is 5.32 Å². The Balaban J connectivity index is 2.04. The van der Waals surface area contributed by atoms with Crippen LogP contribution >= 0.6 is 23.6 Å². The van der Waals surface area contributed by atoms with E-state index in [9.17, 15) is 0 Å². The van der Waals surface area contributed by atoms with Crippen LogP contribution in [-0.4, -0.2) is 15.0 Å². The molecular formula is C11H12N4S2. The van der Waals surface area contributed by atoms with Crippen LogP contribution in [-0.2, 0) is 6.54 Å². The summed E-state index contributed by atoms with van der Waals surface area (Å²) < 4.78 is 0. The molecule has 0 bridgehead atoms. The Hall–Kier alpha value is -1.53. The predicted molar refractivity (Wildman–Crippen MR) is 74.3 cm³/mol. The maximum Gasteiger partial charge on any atom is 0.122 e. The molecule has 0 radical (unpaired) electrons. The van der Waals surface area contributed by atoms with Gasteiger partial charge in [-0.15, -0.1) is 11.3 Å². The Bertz CT molecular complexity index is 536. The Morgan fingerprint density at radius 3 is 3.06 bits per heavy atom. The summed E-state index contributed by atoms with van der Waals surface area (Å²) in [6, 6.07) is 3.71. The smallest absolute Gasteiger partial charge is 0.122 e. The lowest BCUT2D eigenvalue weighted by molar-refractivity contribution is 1.07. The fourth-order valence-corrected chi connectivity index (χ4v) is 2.16. The molecule has 0 aliphatic carbocycles. The summed E-state index contributed by atoms with van der Waals surface area (Å²) in [5, 5.41) is 6.35. The minimum absolute atomic E-state index is 0.304. The van der Waals surface area contributed by atoms with Crippen molar-refractivity contribution in [3.05, 3.63) is 40.1 Å². The Morgan fingerprint density at radius 2 is 2.41 bits per heavy atom. The molecular weight excluding hydrogens is 252 g/mol. The van der Waals surface area contributed by atoms with E-state index >= 15 is 0 Å². The topological polar surface area (TPSA) is 63.8 Å². The van der Waals surface area contributed by atoms with Gasteiger partial charge in [-0.05, 0) is 19.1 Å². The SMILES string of the molecule is Cc1csc(CNc2ccnc(C(N)=S)c2)n1. The van der Waals surface area contributed by atoms with Crippen molar-refractivity contribution in [1.82, 2.24) is 9.97 Å². The van der Waals surface area contributed by atoms with Crippen molar-refractivity contribution in [1.29, 1.82) is 0 Å². The normalized spacial score (nSPS) is 10.2. The number of thiocarbonyl (C=S) groups is 1. The summed E-state index contributed by atoms with van der Waals surface area (Å²) in [7, 11) is 0. The molecule has 2 heterocycles. The Morgan fingerprint density at radius 1 is 1.59 bits per heavy atom. The predicted octanol–water partition coefficient (Wildman–Crippen LogP) is 2.09. The van der Waals surface area contributed by atoms with Crippen molar-refractivity contribution < 1.29 is 0 Å². The van der Waals surface area contributed by atoms with Crippen LogP contribution in [0, 0.1) is 6.92 Å². The number of nitrogens with two attached hydrogens (primary N) is 1. The monoisotopic (exact) mass is 264 g/mol. The standard InChI is InChI=1S/C11H12N4S2/c1-7-6-17-10(15-7)5-14-8-2-3-13-9(4-8)11(12)16/h2-4,6H,5H2,1H3,(H2,12,16)(H,13,14). The number of nitrogens with zero attached hydrogens (tertiary/aromatic N) is 2. The van der Waals surface area contributed by atoms with E-state index < -0.39 is 0 Å². The highest BCUT2D eigenvalue weighted by Crippen LogP contribution is 2.13. The van der Waals surface area contributed by atoms with Crippen LogP contribution < -0.4 is 11.1 Å². The van der Waals surface area contributed by atoms with E-state index in [4.69, 9.17) is 18.0 Å². The third-order valence-electron chi connectivity index (χ3n) is 2.12. The van der Waals surface area contributed by atoms with E-state index in [2.05, 4.69) is 15.3 Å². The number of pyridine rings is 1. The van der Waals surface area contributed by atoms with Gasteiger partial charge in [0.25, 0.3) is 0 Å². The van der Waals surface area contributed by atoms with Gasteiger partial charge in [0.1, 0.15) is 10.00 Å². The van der Waals surface area contributed by atoms with E-state index in [1.807, 2.05) is 24.4 Å². The molecule has 0 saturated heterocycles. The first-order valence-corrected chi connectivity index (χ1v) is 6.34. The highest BCUT2D eigenvalue weighted by molar-refractivity contribution is 7.80. The molecule has 0 unspecified atom stereocenters. The number of thiazole rings is 1. The van der Waals surface area contributed by atoms with E-state index in [0.717, 1.165) is 16.4 Å². The van der Waals surface area contributed by atoms with Crippen molar-refractivity contribution in [3.8, 4) is 0 Å². The molecule has 17 heavy (non-hydrogen) atoms. The highest BCUT2D eigenvalue weighted by Gasteiger charge is 2.01. The van der Waals surface area contributed by atoms with Gasteiger partial charge in [-0.2, -0.15) is 0 Å². The van der Waals surface area contributed by atoms with Crippen molar-refractivity contribution in [3.63, 3.8) is 0 Å². The van der Waals surface area contributed by atoms with E-state index in [1.165, 1.54) is 0 Å². The van der Waals surface area contributed by atoms with Crippen LogP contribution in [0.5, 0.6) is 0 Å². The quantitative estimate of drug-likeness (QED) is 0.828. The molecule has 0 aliphatic rings. The van der Waals surface area contributed by atoms with Gasteiger partial charge in [-0.1, -0.05) is 12.2 Å². The zero-order valence-electron chi connectivity index (χ0n) is 9.30. The van der Waals surface area contributed by atoms with Crippen molar-refractivity contribution in [2.45, 2.75) is 13.5 Å². The van der Waals surface area contributed by atoms with E-state index in [0.29, 0.717) is 17.2 Å². The maximum absolute atomic E-state index is 5.52. The highest BCUT2D eigenvalue weighted by atomic mass is 32.1. The number of hydrogen-bond acceptors (Lipinski definition) is 5. The summed E-state index contributed by atoms with van der Waals surface area (Å²) in [6.45, 7) is 2.68. The first-order valence-electron chi connectivity index (χ1n) is 5.06. The summed E-state index contributed by atoms with van der Waals surface area (Å²) in [4.78, 5) is 8.76. The van der Waals surface area contributed by atoms with Crippen molar-refractivity contribution in [2.24, 2.45) is 5.73 Å². The number of aromatic nitrogens is 2. The first-order chi connectivity index (χ1) is 8.15. The number of hydrogen-bond donors (Lipinski definition) is 2. The fourth-order valence-electron chi connectivity index (χ4n) is 1.34. The van der Waals surface area contributed by atoms with Gasteiger partial charge in [0, 0.05) is 23.0 Å². The largest absolute Gasteiger partial charge is 0.388 e. The molecule has 0 fully saturated rings. The molecule has 2 rings (SSSR count). The molecule has 88 valence electrons. The second-order valence-corrected chi connectivity index (χ2v) is 4.91. The van der Waals surface area contributed by atoms with Crippen LogP contribution in [0.15, 0.2) is 23.7 Å². The average molecular weight is 264 g/mol. The lowest BCUT2D eigenvalue weighted by Gasteiger charge is -2.05. The van der Waals surface area contributed by atoms with Gasteiger partial charge in [-0.25, -0.2) is 4.98 Å². The third-order valence-corrected chi connectivity index (χ3v) is 3.30. The zero-order valence-corrected chi connectivity index (χ0v) is 10.9. The summed E-state index contributed by atoms with van der Waals surface area (Å²) in [5.41, 5.74) is 8.14. The minimum atomic E-state index is 0.304. The number of anilines is 1. The number of rotatable bonds is 4. The van der Waals surface area contributed by atoms with Gasteiger partial charge in [-0.3, -0.25) is 4.98 Å². The molecule has 2 aromatic heterocycles. The van der Waals surface area contributed by atoms with Gasteiger partial charge < -0.3 is 11.1 Å². The molecule has 0 spiro atoms. The first kappa shape index (κ1) is 11.9. The summed E-state index contributed by atoms with van der Waals surface area (Å²) in [5.74, 6) is 0. The minimum Gasteiger partial charge on any atom is -0.388 e. The Kier molecular flexibility index (Phi) is 3.65. The second kappa shape index (κ2) is 5.20. The fraction of sp³-hybridized carbons (Fsp3) is 0.182. The molecule has 6 heteroatoms. The molecule has 0 saturated carbocycles. The summed E-state index contributed by atoms with van der Waals surface area (Å²) >= 11 is 6.52. The summed E-state index contributed by atoms with van der Waals surface area (Å²) in [6.07, 6.45) is 1.68. The molecule has 0 aromatic carbocycles. The maximum atomic E-state index is 5.52. The van der Waals surface area contributed by atoms with Crippen LogP contribution in [0.25, 0.3) is 0 Å². The van der Waals surface area contributed by atoms with Gasteiger partial charge >= 0.3 is 0 Å². The van der Waals surface area contributed by atoms with E-state index in [1.54, 1.807) is 17.5 Å². The third kappa shape index (κ3) is 3.21. The number of aryl methyl sites for hydroxylation is 1. The molecule has 0 amide bonds. The molecule has 3 N–H and O–H groups in total. The van der Waals surface area contributed by atoms with Gasteiger partial charge in [0.15, 0.2) is 0 Å². The second-order valence-electron chi connectivity index (χ2n) is 3.53. The van der Waals surface area contributed by atoms with Crippen LogP contribution in [0.2, 0.25) is 0 Å². The van der Waals surface area contributed by atoms with Gasteiger partial charge in [0.05, 0.1) is 12.2 Å². The molecule has 0 aliphatic heterocycles. The lowest BCUT2D eigenvalue weighted by Crippen LogP contribution is -2.12. The Labute approximate surface area is 109 Å². The molecule has 2 aromatic rings. The molecule has 4 nitrogen and oxygen atoms in total. The lowest BCUT2D eigenvalue weighted by atomic mass is 10.3. The van der Waals surface area contributed by atoms with Crippen LogP contribution in [0.4, 0.5) is 5.69 Å². The van der Waals surface area contributed by atoms with Gasteiger partial charge in [0.2, 0.25) is 0 Å². The van der Waals surface area contributed by atoms with E-state index in [-0.39, 0.29) is 0 Å². The van der Waals surface area contributed by atoms with Crippen LogP contribution in [0.1, 0.15) is 16.4 Å². The zero-order chi connectivity index (χ0) is 12.3.